The minimum Gasteiger partial charge on any atom is -0.359 e. The van der Waals surface area contributed by atoms with E-state index >= 15 is 0 Å². The van der Waals surface area contributed by atoms with Gasteiger partial charge in [0.15, 0.2) is 6.21 Å². The summed E-state index contributed by atoms with van der Waals surface area (Å²) < 4.78 is 1.04. The van der Waals surface area contributed by atoms with E-state index in [1.165, 1.54) is 0 Å². The number of nitrogens with one attached hydrogen (secondary N) is 3. The van der Waals surface area contributed by atoms with Gasteiger partial charge in [-0.15, -0.1) is 10.5 Å². The highest BCUT2D eigenvalue weighted by Gasteiger charge is 1.97. The van der Waals surface area contributed by atoms with Crippen LogP contribution in [0.2, 0.25) is 0 Å². The summed E-state index contributed by atoms with van der Waals surface area (Å²) in [6, 6.07) is 7.92. The lowest BCUT2D eigenvalue weighted by atomic mass is 10.2. The molecule has 0 saturated heterocycles. The Morgan fingerprint density at radius 2 is 2.27 bits per heavy atom. The van der Waals surface area contributed by atoms with Crippen molar-refractivity contribution < 1.29 is 5.10 Å². The lowest BCUT2D eigenvalue weighted by Crippen LogP contribution is -2.82. The van der Waals surface area contributed by atoms with Gasteiger partial charge in [0.05, 0.1) is 5.56 Å². The van der Waals surface area contributed by atoms with E-state index in [2.05, 4.69) is 31.8 Å². The fraction of sp³-hybridized carbons (Fsp3) is 0.200. The zero-order chi connectivity index (χ0) is 11.1. The van der Waals surface area contributed by atoms with Crippen LogP contribution in [0.25, 0.3) is 0 Å². The van der Waals surface area contributed by atoms with Crippen LogP contribution >= 0.6 is 28.1 Å². The molecule has 0 bridgehead atoms. The van der Waals surface area contributed by atoms with Crippen molar-refractivity contribution in [2.24, 2.45) is 0 Å². The molecule has 0 saturated carbocycles. The molecule has 80 valence electrons. The number of hydrogen-bond donors (Lipinski definition) is 3. The molecule has 0 spiro atoms. The molecule has 0 unspecified atom stereocenters. The second-order valence-electron chi connectivity index (χ2n) is 2.79. The van der Waals surface area contributed by atoms with Crippen molar-refractivity contribution in [2.75, 3.05) is 6.54 Å². The van der Waals surface area contributed by atoms with E-state index < -0.39 is 0 Å². The summed E-state index contributed by atoms with van der Waals surface area (Å²) in [4.78, 5) is 0. The van der Waals surface area contributed by atoms with Crippen molar-refractivity contribution in [1.29, 1.82) is 0 Å². The molecule has 3 nitrogen and oxygen atoms in total. The minimum atomic E-state index is 0.584. The molecule has 0 amide bonds. The van der Waals surface area contributed by atoms with Crippen LogP contribution in [0.5, 0.6) is 0 Å². The Kier molecular flexibility index (Phi) is 5.28. The Labute approximate surface area is 103 Å². The standard InChI is InChI=1S/C10H12BrN3S/c1-2-12-10(15)14-13-7-8-5-3-4-6-9(8)11/h3-7H,2H2,1H3,(H2,12,14,15)/p+1. The number of hydrogen-bond acceptors (Lipinski definition) is 1. The fourth-order valence-corrected chi connectivity index (χ4v) is 1.58. The van der Waals surface area contributed by atoms with Crippen molar-refractivity contribution >= 4 is 39.5 Å². The molecule has 1 aromatic rings. The van der Waals surface area contributed by atoms with E-state index in [9.17, 15) is 0 Å². The van der Waals surface area contributed by atoms with Crippen LogP contribution in [-0.4, -0.2) is 17.9 Å². The first-order valence-corrected chi connectivity index (χ1v) is 5.81. The molecule has 3 N–H and O–H groups in total. The zero-order valence-corrected chi connectivity index (χ0v) is 10.8. The predicted molar refractivity (Wildman–Crippen MR) is 69.7 cm³/mol. The third kappa shape index (κ3) is 4.40. The van der Waals surface area contributed by atoms with Crippen molar-refractivity contribution in [1.82, 2.24) is 10.7 Å². The smallest absolute Gasteiger partial charge is 0.223 e. The van der Waals surface area contributed by atoms with Gasteiger partial charge in [-0.2, -0.15) is 0 Å². The number of rotatable bonds is 3. The molecular weight excluding hydrogens is 274 g/mol. The van der Waals surface area contributed by atoms with E-state index in [0.29, 0.717) is 5.11 Å². The number of benzene rings is 1. The first-order chi connectivity index (χ1) is 7.24. The lowest BCUT2D eigenvalue weighted by molar-refractivity contribution is -0.500. The number of thiocarbonyl (C=S) groups is 1. The second-order valence-corrected chi connectivity index (χ2v) is 4.06. The van der Waals surface area contributed by atoms with Gasteiger partial charge >= 0.3 is 0 Å². The van der Waals surface area contributed by atoms with Gasteiger partial charge in [-0.25, -0.2) is 0 Å². The van der Waals surface area contributed by atoms with Crippen molar-refractivity contribution in [2.45, 2.75) is 6.92 Å². The molecule has 0 radical (unpaired) electrons. The van der Waals surface area contributed by atoms with Gasteiger partial charge in [0.1, 0.15) is 0 Å². The molecule has 0 heterocycles. The minimum absolute atomic E-state index is 0.584. The van der Waals surface area contributed by atoms with Gasteiger partial charge in [-0.05, 0) is 47.2 Å². The SMILES string of the molecule is CCNC(=S)N[NH+]=Cc1ccccc1Br. The van der Waals surface area contributed by atoms with Gasteiger partial charge in [0, 0.05) is 11.0 Å². The molecule has 0 aliphatic carbocycles. The Morgan fingerprint density at radius 1 is 1.53 bits per heavy atom. The maximum Gasteiger partial charge on any atom is 0.223 e. The Hall–Kier alpha value is -0.940. The third-order valence-corrected chi connectivity index (χ3v) is 2.62. The van der Waals surface area contributed by atoms with Gasteiger partial charge < -0.3 is 5.32 Å². The van der Waals surface area contributed by atoms with Crippen LogP contribution in [0.1, 0.15) is 12.5 Å². The zero-order valence-electron chi connectivity index (χ0n) is 8.38. The molecule has 5 heteroatoms. The Bertz CT molecular complexity index is 365. The first-order valence-electron chi connectivity index (χ1n) is 4.61. The maximum absolute atomic E-state index is 4.98. The van der Waals surface area contributed by atoms with Gasteiger partial charge in [0.2, 0.25) is 5.11 Å². The molecule has 0 aromatic heterocycles. The molecule has 15 heavy (non-hydrogen) atoms. The molecule has 1 aromatic carbocycles. The molecule has 0 fully saturated rings. The van der Waals surface area contributed by atoms with Crippen LogP contribution in [0.15, 0.2) is 28.7 Å². The third-order valence-electron chi connectivity index (χ3n) is 1.66. The summed E-state index contributed by atoms with van der Waals surface area (Å²) in [5.41, 5.74) is 3.91. The molecule has 0 aliphatic heterocycles. The van der Waals surface area contributed by atoms with Crippen molar-refractivity contribution in [3.05, 3.63) is 34.3 Å². The van der Waals surface area contributed by atoms with Gasteiger partial charge in [-0.1, -0.05) is 12.1 Å². The summed E-state index contributed by atoms with van der Waals surface area (Å²) in [6.45, 7) is 2.80. The normalized spacial score (nSPS) is 10.3. The van der Waals surface area contributed by atoms with E-state index in [-0.39, 0.29) is 0 Å². The quantitative estimate of drug-likeness (QED) is 0.427. The largest absolute Gasteiger partial charge is 0.359 e. The fourth-order valence-electron chi connectivity index (χ4n) is 0.976. The monoisotopic (exact) mass is 286 g/mol. The number of hydrazone groups is 1. The topological polar surface area (TPSA) is 38.0 Å². The Morgan fingerprint density at radius 3 is 2.93 bits per heavy atom. The number of hydrazine groups is 1. The highest BCUT2D eigenvalue weighted by atomic mass is 79.9. The van der Waals surface area contributed by atoms with E-state index in [4.69, 9.17) is 12.2 Å². The van der Waals surface area contributed by atoms with E-state index in [0.717, 1.165) is 16.6 Å². The van der Waals surface area contributed by atoms with Crippen LogP contribution in [0.3, 0.4) is 0 Å². The summed E-state index contributed by atoms with van der Waals surface area (Å²) in [5, 5.41) is 6.47. The maximum atomic E-state index is 4.98. The average molecular weight is 287 g/mol. The molecular formula is C10H13BrN3S+. The number of halogens is 1. The van der Waals surface area contributed by atoms with E-state index in [1.54, 1.807) is 0 Å². The summed E-state index contributed by atoms with van der Waals surface area (Å²) >= 11 is 8.43. The van der Waals surface area contributed by atoms with Crippen LogP contribution in [-0.2, 0) is 0 Å². The summed E-state index contributed by atoms with van der Waals surface area (Å²) in [7, 11) is 0. The second kappa shape index (κ2) is 6.53. The molecule has 0 aliphatic rings. The van der Waals surface area contributed by atoms with Crippen LogP contribution in [0, 0.1) is 0 Å². The van der Waals surface area contributed by atoms with E-state index in [1.807, 2.05) is 37.4 Å². The predicted octanol–water partition coefficient (Wildman–Crippen LogP) is 0.348. The average Bonchev–Trinajstić information content (AvgIpc) is 2.21. The van der Waals surface area contributed by atoms with Gasteiger partial charge in [0.25, 0.3) is 0 Å². The highest BCUT2D eigenvalue weighted by molar-refractivity contribution is 9.10. The highest BCUT2D eigenvalue weighted by Crippen LogP contribution is 2.12. The van der Waals surface area contributed by atoms with Crippen LogP contribution in [0.4, 0.5) is 0 Å². The summed E-state index contributed by atoms with van der Waals surface area (Å²) in [6.07, 6.45) is 1.84. The lowest BCUT2D eigenvalue weighted by Gasteiger charge is -1.98. The first kappa shape index (κ1) is 12.1. The summed E-state index contributed by atoms with van der Waals surface area (Å²) in [5.74, 6) is 0. The Balaban J connectivity index is 2.52. The van der Waals surface area contributed by atoms with Gasteiger partial charge in [-0.3, -0.25) is 0 Å². The molecule has 0 atom stereocenters. The van der Waals surface area contributed by atoms with Crippen molar-refractivity contribution in [3.63, 3.8) is 0 Å². The van der Waals surface area contributed by atoms with Crippen molar-refractivity contribution in [3.8, 4) is 0 Å². The van der Waals surface area contributed by atoms with Crippen LogP contribution < -0.4 is 15.8 Å². The molecule has 1 rings (SSSR count).